The molecule has 8 nitrogen and oxygen atoms in total. The molecule has 0 amide bonds. The summed E-state index contributed by atoms with van der Waals surface area (Å²) in [6.07, 6.45) is 14.4. The minimum atomic E-state index is 0. The number of isocyanates is 2. The van der Waals surface area contributed by atoms with E-state index in [1.807, 2.05) is 0 Å². The SMILES string of the molecule is CC1CCNC2CCCCC2NC(C)CCNC2CCCCC2N1.[N-]=C=O.[N-]=C=O.[Ni]. The van der Waals surface area contributed by atoms with Gasteiger partial charge in [0.05, 0.1) is 0 Å². The molecule has 4 N–H and O–H groups in total. The predicted molar refractivity (Wildman–Crippen MR) is 121 cm³/mol. The summed E-state index contributed by atoms with van der Waals surface area (Å²) in [4.78, 5) is 16.5. The van der Waals surface area contributed by atoms with Crippen LogP contribution in [-0.2, 0) is 26.1 Å². The van der Waals surface area contributed by atoms with E-state index in [4.69, 9.17) is 20.4 Å². The Bertz CT molecular complexity index is 480. The van der Waals surface area contributed by atoms with E-state index in [-0.39, 0.29) is 16.5 Å². The zero-order valence-electron chi connectivity index (χ0n) is 19.0. The number of carbonyl (C=O) groups excluding carboxylic acids is 2. The Hall–Kier alpha value is -0.906. The second-order valence-corrected chi connectivity index (χ2v) is 8.80. The predicted octanol–water partition coefficient (Wildman–Crippen LogP) is 2.32. The van der Waals surface area contributed by atoms with E-state index in [1.54, 1.807) is 0 Å². The number of hydrogen-bond acceptors (Lipinski definition) is 6. The number of rotatable bonds is 0. The molecule has 2 saturated carbocycles. The largest absolute Gasteiger partial charge is 0.724 e. The number of nitrogens with one attached hydrogen (secondary N) is 4. The Morgan fingerprint density at radius 2 is 0.903 bits per heavy atom. The van der Waals surface area contributed by atoms with E-state index in [0.717, 1.165) is 13.1 Å². The summed E-state index contributed by atoms with van der Waals surface area (Å²) in [6.45, 7) is 7.04. The van der Waals surface area contributed by atoms with E-state index in [9.17, 15) is 0 Å². The Kier molecular flexibility index (Phi) is 18.1. The zero-order valence-corrected chi connectivity index (χ0v) is 20.0. The minimum Gasteiger partial charge on any atom is -0.724 e. The molecule has 9 heteroatoms. The van der Waals surface area contributed by atoms with Crippen molar-refractivity contribution in [2.45, 2.75) is 114 Å². The van der Waals surface area contributed by atoms with Crippen molar-refractivity contribution < 1.29 is 26.1 Å². The molecule has 0 radical (unpaired) electrons. The summed E-state index contributed by atoms with van der Waals surface area (Å²) in [5.74, 6) is 0. The van der Waals surface area contributed by atoms with Gasteiger partial charge in [0, 0.05) is 52.7 Å². The normalized spacial score (nSPS) is 34.0. The third-order valence-electron chi connectivity index (χ3n) is 6.50. The average Bonchev–Trinajstić information content (AvgIpc) is 2.71. The van der Waals surface area contributed by atoms with Crippen LogP contribution in [0.3, 0.4) is 0 Å². The van der Waals surface area contributed by atoms with E-state index >= 15 is 0 Å². The third-order valence-corrected chi connectivity index (χ3v) is 6.50. The molecular weight excluding hydrogens is 439 g/mol. The fourth-order valence-corrected chi connectivity index (χ4v) is 5.02. The van der Waals surface area contributed by atoms with Crippen LogP contribution in [0, 0.1) is 0 Å². The molecule has 0 bridgehead atoms. The average molecular weight is 479 g/mol. The molecule has 0 aromatic rings. The van der Waals surface area contributed by atoms with Crippen molar-refractivity contribution >= 4 is 12.2 Å². The smallest absolute Gasteiger partial charge is 0.0223 e. The molecule has 3 aliphatic rings. The first-order chi connectivity index (χ1) is 14.5. The molecule has 0 spiro atoms. The van der Waals surface area contributed by atoms with Gasteiger partial charge in [0.2, 0.25) is 0 Å². The van der Waals surface area contributed by atoms with E-state index in [2.05, 4.69) is 35.1 Å². The second-order valence-electron chi connectivity index (χ2n) is 8.80. The molecule has 1 heterocycles. The molecule has 1 saturated heterocycles. The molecule has 3 rings (SSSR count). The van der Waals surface area contributed by atoms with Gasteiger partial charge in [0.1, 0.15) is 0 Å². The van der Waals surface area contributed by atoms with Crippen LogP contribution in [0.2, 0.25) is 0 Å². The number of hydrogen-bond donors (Lipinski definition) is 4. The monoisotopic (exact) mass is 478 g/mol. The first-order valence-corrected chi connectivity index (χ1v) is 11.6. The fourth-order valence-electron chi connectivity index (χ4n) is 5.02. The fraction of sp³-hybridized carbons (Fsp3) is 0.909. The third kappa shape index (κ3) is 12.6. The maximum atomic E-state index is 8.24. The van der Waals surface area contributed by atoms with Gasteiger partial charge in [-0.1, -0.05) is 25.7 Å². The van der Waals surface area contributed by atoms with Crippen molar-refractivity contribution in [1.82, 2.24) is 21.3 Å². The summed E-state index contributed by atoms with van der Waals surface area (Å²) in [6, 6.07) is 3.91. The standard InChI is InChI=1S/C20H40N4.2CNO.Ni/c1-15-11-13-21-18-8-4-6-10-20(18)24-16(2)12-14-22-17-7-3-5-9-19(17)23-15;2*2-1-3;/h15-24H,3-14H2,1-2H3;;;/q;2*-1;. The van der Waals surface area contributed by atoms with Crippen molar-refractivity contribution in [1.29, 1.82) is 0 Å². The Morgan fingerprint density at radius 1 is 0.613 bits per heavy atom. The quantitative estimate of drug-likeness (QED) is 0.240. The van der Waals surface area contributed by atoms with Crippen LogP contribution >= 0.6 is 0 Å². The van der Waals surface area contributed by atoms with Crippen molar-refractivity contribution in [3.8, 4) is 0 Å². The van der Waals surface area contributed by atoms with E-state index in [0.29, 0.717) is 48.4 Å². The van der Waals surface area contributed by atoms with Crippen molar-refractivity contribution in [2.24, 2.45) is 0 Å². The molecule has 31 heavy (non-hydrogen) atoms. The maximum Gasteiger partial charge on any atom is 0.0223 e. The van der Waals surface area contributed by atoms with Crippen LogP contribution < -0.4 is 21.3 Å². The molecule has 1 aliphatic heterocycles. The van der Waals surface area contributed by atoms with Gasteiger partial charge in [0.15, 0.2) is 0 Å². The van der Waals surface area contributed by atoms with Crippen LogP contribution in [-0.4, -0.2) is 61.5 Å². The molecule has 3 fully saturated rings. The molecule has 182 valence electrons. The topological polar surface area (TPSA) is 127 Å². The summed E-state index contributed by atoms with van der Waals surface area (Å²) in [5, 5.41) is 29.2. The minimum absolute atomic E-state index is 0. The van der Waals surface area contributed by atoms with Gasteiger partial charge in [-0.05, 0) is 77.6 Å². The first kappa shape index (κ1) is 30.1. The Morgan fingerprint density at radius 3 is 1.23 bits per heavy atom. The molecule has 6 unspecified atom stereocenters. The molecule has 0 aromatic heterocycles. The van der Waals surface area contributed by atoms with Crippen LogP contribution in [0.5, 0.6) is 0 Å². The van der Waals surface area contributed by atoms with Crippen LogP contribution in [0.1, 0.15) is 78.1 Å². The van der Waals surface area contributed by atoms with Crippen molar-refractivity contribution in [3.63, 3.8) is 0 Å². The summed E-state index contributed by atoms with van der Waals surface area (Å²) in [7, 11) is 0. The number of nitrogens with zero attached hydrogens (tertiary/aromatic N) is 2. The Balaban J connectivity index is 0.00000116. The van der Waals surface area contributed by atoms with E-state index < -0.39 is 0 Å². The zero-order chi connectivity index (χ0) is 22.2. The maximum absolute atomic E-state index is 8.24. The second kappa shape index (κ2) is 18.6. The molecular formula is C22H40N6NiO2-2. The van der Waals surface area contributed by atoms with Gasteiger partial charge in [0.25, 0.3) is 0 Å². The summed E-state index contributed by atoms with van der Waals surface area (Å²) in [5.41, 5.74) is 0. The van der Waals surface area contributed by atoms with Gasteiger partial charge in [-0.25, -0.2) is 0 Å². The van der Waals surface area contributed by atoms with Crippen molar-refractivity contribution in [2.75, 3.05) is 13.1 Å². The van der Waals surface area contributed by atoms with Gasteiger partial charge in [-0.15, -0.1) is 0 Å². The summed E-state index contributed by atoms with van der Waals surface area (Å²) >= 11 is 0. The van der Waals surface area contributed by atoms with Gasteiger partial charge in [-0.2, -0.15) is 0 Å². The van der Waals surface area contributed by atoms with Gasteiger partial charge < -0.3 is 32.1 Å². The van der Waals surface area contributed by atoms with Gasteiger partial charge >= 0.3 is 0 Å². The van der Waals surface area contributed by atoms with Crippen LogP contribution in [0.15, 0.2) is 0 Å². The molecule has 6 atom stereocenters. The molecule has 0 aromatic carbocycles. The van der Waals surface area contributed by atoms with E-state index in [1.165, 1.54) is 64.2 Å². The number of fused-ring (bicyclic) bond motifs is 2. The Labute approximate surface area is 197 Å². The molecule has 2 aliphatic carbocycles. The van der Waals surface area contributed by atoms with Crippen LogP contribution in [0.25, 0.3) is 10.8 Å². The van der Waals surface area contributed by atoms with Crippen molar-refractivity contribution in [3.05, 3.63) is 10.8 Å². The summed E-state index contributed by atoms with van der Waals surface area (Å²) < 4.78 is 0. The van der Waals surface area contributed by atoms with Crippen LogP contribution in [0.4, 0.5) is 0 Å². The first-order valence-electron chi connectivity index (χ1n) is 11.6. The van der Waals surface area contributed by atoms with Gasteiger partial charge in [-0.3, -0.25) is 9.59 Å².